The van der Waals surface area contributed by atoms with E-state index in [4.69, 9.17) is 11.6 Å². The summed E-state index contributed by atoms with van der Waals surface area (Å²) in [7, 11) is 3.93. The standard InChI is InChI=1S/C13H21ClN4O2/c1-9(2)7-10(8-17(3)4)15-13-11(18(19)20)5-6-12(14)16-13/h5-6,9-10H,7-8H2,1-4H3,(H,15,16). The highest BCUT2D eigenvalue weighted by Crippen LogP contribution is 2.25. The summed E-state index contributed by atoms with van der Waals surface area (Å²) in [5.41, 5.74) is -0.0538. The first kappa shape index (κ1) is 16.7. The maximum atomic E-state index is 11.0. The summed E-state index contributed by atoms with van der Waals surface area (Å²) in [5, 5.41) is 14.4. The van der Waals surface area contributed by atoms with Crippen molar-refractivity contribution in [1.82, 2.24) is 9.88 Å². The molecular formula is C13H21ClN4O2. The highest BCUT2D eigenvalue weighted by molar-refractivity contribution is 6.29. The summed E-state index contributed by atoms with van der Waals surface area (Å²) >= 11 is 5.83. The minimum atomic E-state index is -0.451. The summed E-state index contributed by atoms with van der Waals surface area (Å²) in [5.74, 6) is 0.709. The summed E-state index contributed by atoms with van der Waals surface area (Å²) < 4.78 is 0. The van der Waals surface area contributed by atoms with E-state index >= 15 is 0 Å². The molecule has 1 N–H and O–H groups in total. The van der Waals surface area contributed by atoms with Gasteiger partial charge in [0.05, 0.1) is 4.92 Å². The van der Waals surface area contributed by atoms with E-state index < -0.39 is 4.92 Å². The normalized spacial score (nSPS) is 12.8. The SMILES string of the molecule is CC(C)CC(CN(C)C)Nc1nc(Cl)ccc1[N+](=O)[O-]. The lowest BCUT2D eigenvalue weighted by atomic mass is 10.0. The highest BCUT2D eigenvalue weighted by Gasteiger charge is 2.20. The zero-order valence-corrected chi connectivity index (χ0v) is 13.0. The van der Waals surface area contributed by atoms with Gasteiger partial charge in [-0.1, -0.05) is 25.4 Å². The van der Waals surface area contributed by atoms with E-state index in [-0.39, 0.29) is 22.7 Å². The van der Waals surface area contributed by atoms with Gasteiger partial charge in [0.15, 0.2) is 0 Å². The fourth-order valence-corrected chi connectivity index (χ4v) is 2.21. The van der Waals surface area contributed by atoms with E-state index in [1.165, 1.54) is 12.1 Å². The molecule has 1 aromatic rings. The van der Waals surface area contributed by atoms with Crippen LogP contribution in [0.4, 0.5) is 11.5 Å². The third-order valence-electron chi connectivity index (χ3n) is 2.72. The van der Waals surface area contributed by atoms with Crippen molar-refractivity contribution in [2.24, 2.45) is 5.92 Å². The lowest BCUT2D eigenvalue weighted by molar-refractivity contribution is -0.384. The van der Waals surface area contributed by atoms with Gasteiger partial charge in [-0.15, -0.1) is 0 Å². The second-order valence-electron chi connectivity index (χ2n) is 5.49. The van der Waals surface area contributed by atoms with E-state index in [9.17, 15) is 10.1 Å². The van der Waals surface area contributed by atoms with Crippen LogP contribution in [0.15, 0.2) is 12.1 Å². The van der Waals surface area contributed by atoms with Gasteiger partial charge in [-0.25, -0.2) is 4.98 Å². The highest BCUT2D eigenvalue weighted by atomic mass is 35.5. The average Bonchev–Trinajstić information content (AvgIpc) is 2.26. The number of halogens is 1. The van der Waals surface area contributed by atoms with Gasteiger partial charge in [0.2, 0.25) is 5.82 Å². The van der Waals surface area contributed by atoms with Crippen molar-refractivity contribution in [3.8, 4) is 0 Å². The van der Waals surface area contributed by atoms with Crippen molar-refractivity contribution in [1.29, 1.82) is 0 Å². The Morgan fingerprint density at radius 2 is 2.10 bits per heavy atom. The van der Waals surface area contributed by atoms with E-state index in [0.29, 0.717) is 5.92 Å². The van der Waals surface area contributed by atoms with Crippen molar-refractivity contribution in [2.75, 3.05) is 26.0 Å². The fourth-order valence-electron chi connectivity index (χ4n) is 2.06. The molecule has 0 amide bonds. The predicted molar refractivity (Wildman–Crippen MR) is 81.3 cm³/mol. The number of anilines is 1. The molecule has 1 aromatic heterocycles. The summed E-state index contributed by atoms with van der Waals surface area (Å²) in [6.07, 6.45) is 0.892. The van der Waals surface area contributed by atoms with E-state index in [1.807, 2.05) is 19.0 Å². The second-order valence-corrected chi connectivity index (χ2v) is 5.88. The Hall–Kier alpha value is -1.40. The fraction of sp³-hybridized carbons (Fsp3) is 0.615. The third kappa shape index (κ3) is 5.30. The molecule has 0 bridgehead atoms. The quantitative estimate of drug-likeness (QED) is 0.476. The molecule has 0 aliphatic rings. The number of nitrogens with one attached hydrogen (secondary N) is 1. The van der Waals surface area contributed by atoms with Crippen LogP contribution in [-0.2, 0) is 0 Å². The minimum absolute atomic E-state index is 0.0538. The third-order valence-corrected chi connectivity index (χ3v) is 2.93. The van der Waals surface area contributed by atoms with Crippen LogP contribution in [0.2, 0.25) is 5.15 Å². The molecule has 0 aliphatic heterocycles. The molecule has 1 rings (SSSR count). The maximum absolute atomic E-state index is 11.0. The van der Waals surface area contributed by atoms with Crippen LogP contribution in [0.3, 0.4) is 0 Å². The molecule has 112 valence electrons. The molecule has 1 heterocycles. The van der Waals surface area contributed by atoms with Gasteiger partial charge >= 0.3 is 5.69 Å². The second kappa shape index (κ2) is 7.40. The lowest BCUT2D eigenvalue weighted by Crippen LogP contribution is -2.34. The molecule has 1 atom stereocenters. The van der Waals surface area contributed by atoms with E-state index in [0.717, 1.165) is 13.0 Å². The Bertz CT molecular complexity index is 456. The number of hydrogen-bond donors (Lipinski definition) is 1. The van der Waals surface area contributed by atoms with Gasteiger partial charge in [-0.2, -0.15) is 0 Å². The van der Waals surface area contributed by atoms with Crippen molar-refractivity contribution < 1.29 is 4.92 Å². The molecule has 0 saturated heterocycles. The van der Waals surface area contributed by atoms with Gasteiger partial charge in [0.25, 0.3) is 0 Å². The number of rotatable bonds is 7. The van der Waals surface area contributed by atoms with Gasteiger partial charge in [0, 0.05) is 18.7 Å². The van der Waals surface area contributed by atoms with Crippen LogP contribution in [0, 0.1) is 16.0 Å². The van der Waals surface area contributed by atoms with Gasteiger partial charge in [0.1, 0.15) is 5.15 Å². The van der Waals surface area contributed by atoms with Crippen molar-refractivity contribution in [3.05, 3.63) is 27.4 Å². The molecular weight excluding hydrogens is 280 g/mol. The molecule has 7 heteroatoms. The number of nitro groups is 1. The lowest BCUT2D eigenvalue weighted by Gasteiger charge is -2.24. The number of likely N-dealkylation sites (N-methyl/N-ethyl adjacent to an activating group) is 1. The summed E-state index contributed by atoms with van der Waals surface area (Å²) in [6, 6.07) is 2.88. The van der Waals surface area contributed by atoms with Crippen LogP contribution in [0.25, 0.3) is 0 Å². The molecule has 0 saturated carbocycles. The molecule has 20 heavy (non-hydrogen) atoms. The topological polar surface area (TPSA) is 71.3 Å². The van der Waals surface area contributed by atoms with Crippen molar-refractivity contribution in [2.45, 2.75) is 26.3 Å². The minimum Gasteiger partial charge on any atom is -0.360 e. The Morgan fingerprint density at radius 1 is 1.45 bits per heavy atom. The van der Waals surface area contributed by atoms with Crippen LogP contribution < -0.4 is 5.32 Å². The van der Waals surface area contributed by atoms with E-state index in [2.05, 4.69) is 24.1 Å². The van der Waals surface area contributed by atoms with Crippen molar-refractivity contribution >= 4 is 23.1 Å². The number of nitrogens with zero attached hydrogens (tertiary/aromatic N) is 3. The van der Waals surface area contributed by atoms with Gasteiger partial charge < -0.3 is 10.2 Å². The molecule has 1 unspecified atom stereocenters. The zero-order valence-electron chi connectivity index (χ0n) is 12.3. The molecule has 0 aliphatic carbocycles. The van der Waals surface area contributed by atoms with Crippen LogP contribution in [0.1, 0.15) is 20.3 Å². The Labute approximate surface area is 124 Å². The molecule has 0 fully saturated rings. The van der Waals surface area contributed by atoms with Gasteiger partial charge in [-0.05, 0) is 32.5 Å². The molecule has 6 nitrogen and oxygen atoms in total. The van der Waals surface area contributed by atoms with Gasteiger partial charge in [-0.3, -0.25) is 10.1 Å². The first-order valence-corrected chi connectivity index (χ1v) is 6.89. The summed E-state index contributed by atoms with van der Waals surface area (Å²) in [6.45, 7) is 5.00. The monoisotopic (exact) mass is 300 g/mol. The number of pyridine rings is 1. The number of aromatic nitrogens is 1. The van der Waals surface area contributed by atoms with Crippen LogP contribution in [0.5, 0.6) is 0 Å². The van der Waals surface area contributed by atoms with Crippen LogP contribution >= 0.6 is 11.6 Å². The first-order valence-electron chi connectivity index (χ1n) is 6.51. The average molecular weight is 301 g/mol. The Balaban J connectivity index is 2.96. The zero-order chi connectivity index (χ0) is 15.3. The smallest absolute Gasteiger partial charge is 0.311 e. The van der Waals surface area contributed by atoms with E-state index in [1.54, 1.807) is 0 Å². The number of hydrogen-bond acceptors (Lipinski definition) is 5. The predicted octanol–water partition coefficient (Wildman–Crippen LogP) is 3.03. The molecule has 0 radical (unpaired) electrons. The largest absolute Gasteiger partial charge is 0.360 e. The van der Waals surface area contributed by atoms with Crippen LogP contribution in [-0.4, -0.2) is 41.5 Å². The molecule has 0 spiro atoms. The first-order chi connectivity index (χ1) is 9.29. The Morgan fingerprint density at radius 3 is 2.60 bits per heavy atom. The summed E-state index contributed by atoms with van der Waals surface area (Å²) in [4.78, 5) is 16.7. The maximum Gasteiger partial charge on any atom is 0.311 e. The van der Waals surface area contributed by atoms with Crippen molar-refractivity contribution in [3.63, 3.8) is 0 Å². The molecule has 0 aromatic carbocycles. The Kier molecular flexibility index (Phi) is 6.16.